The first-order chi connectivity index (χ1) is 7.66. The predicted octanol–water partition coefficient (Wildman–Crippen LogP) is 2.15. The fourth-order valence-electron chi connectivity index (χ4n) is 1.31. The van der Waals surface area contributed by atoms with Crippen LogP contribution in [0.5, 0.6) is 5.75 Å². The van der Waals surface area contributed by atoms with Gasteiger partial charge in [0.05, 0.1) is 20.3 Å². The molecule has 0 amide bonds. The lowest BCUT2D eigenvalue weighted by Crippen LogP contribution is -2.16. The van der Waals surface area contributed by atoms with Gasteiger partial charge in [-0.3, -0.25) is 0 Å². The molecule has 5 heteroatoms. The third-order valence-corrected chi connectivity index (χ3v) is 4.17. The minimum Gasteiger partial charge on any atom is -0.497 e. The second-order valence-corrected chi connectivity index (χ2v) is 5.13. The van der Waals surface area contributed by atoms with Crippen LogP contribution in [0.3, 0.4) is 0 Å². The number of ether oxygens (including phenoxy) is 1. The van der Waals surface area contributed by atoms with Gasteiger partial charge in [-0.05, 0) is 38.1 Å². The number of methoxy groups -OCH3 is 1. The third kappa shape index (κ3) is 3.16. The van der Waals surface area contributed by atoms with E-state index >= 15 is 0 Å². The average molecular weight is 245 g/mol. The Labute approximate surface area is 96.7 Å². The molecule has 0 saturated carbocycles. The molecule has 0 bridgehead atoms. The molecule has 0 saturated heterocycles. The van der Waals surface area contributed by atoms with Crippen LogP contribution in [0.1, 0.15) is 13.8 Å². The molecular formula is C11H18O4P+. The van der Waals surface area contributed by atoms with Crippen LogP contribution in [0.15, 0.2) is 24.3 Å². The maximum Gasteiger partial charge on any atom is 0.446 e. The van der Waals surface area contributed by atoms with E-state index in [0.717, 1.165) is 5.75 Å². The van der Waals surface area contributed by atoms with Gasteiger partial charge in [-0.25, -0.2) is 0 Å². The average Bonchev–Trinajstić information content (AvgIpc) is 2.30. The Morgan fingerprint density at radius 3 is 1.94 bits per heavy atom. The van der Waals surface area contributed by atoms with Crippen LogP contribution < -0.4 is 10.0 Å². The van der Waals surface area contributed by atoms with Gasteiger partial charge in [-0.2, -0.15) is 13.9 Å². The Hall–Kier alpha value is -0.670. The SMILES string of the molecule is CCO[P+](O)(OCC)c1ccc(OC)cc1. The molecule has 1 N–H and O–H groups in total. The summed E-state index contributed by atoms with van der Waals surface area (Å²) in [5.41, 5.74) is 0. The molecule has 1 aromatic carbocycles. The highest BCUT2D eigenvalue weighted by Gasteiger charge is 2.43. The molecule has 0 aromatic heterocycles. The summed E-state index contributed by atoms with van der Waals surface area (Å²) in [6.07, 6.45) is 0. The molecule has 0 spiro atoms. The largest absolute Gasteiger partial charge is 0.497 e. The molecule has 16 heavy (non-hydrogen) atoms. The van der Waals surface area contributed by atoms with Crippen molar-refractivity contribution < 1.29 is 18.7 Å². The summed E-state index contributed by atoms with van der Waals surface area (Å²) in [6, 6.07) is 7.08. The summed E-state index contributed by atoms with van der Waals surface area (Å²) in [4.78, 5) is 10.3. The zero-order valence-electron chi connectivity index (χ0n) is 9.84. The maximum atomic E-state index is 10.3. The van der Waals surface area contributed by atoms with Crippen LogP contribution in [0, 0.1) is 0 Å². The highest BCUT2D eigenvalue weighted by Crippen LogP contribution is 2.55. The summed E-state index contributed by atoms with van der Waals surface area (Å²) < 4.78 is 15.7. The zero-order chi connectivity index (χ0) is 12.0. The Kier molecular flexibility index (Phi) is 5.16. The van der Waals surface area contributed by atoms with Crippen LogP contribution in [-0.4, -0.2) is 25.2 Å². The van der Waals surface area contributed by atoms with Crippen LogP contribution in [-0.2, 0) is 9.05 Å². The van der Waals surface area contributed by atoms with Crippen molar-refractivity contribution in [3.05, 3.63) is 24.3 Å². The molecule has 1 rings (SSSR count). The van der Waals surface area contributed by atoms with E-state index in [4.69, 9.17) is 13.8 Å². The monoisotopic (exact) mass is 245 g/mol. The van der Waals surface area contributed by atoms with E-state index in [1.165, 1.54) is 0 Å². The second kappa shape index (κ2) is 6.16. The van der Waals surface area contributed by atoms with Crippen molar-refractivity contribution in [1.82, 2.24) is 0 Å². The lowest BCUT2D eigenvalue weighted by molar-refractivity contribution is 0.200. The van der Waals surface area contributed by atoms with Crippen LogP contribution in [0.2, 0.25) is 0 Å². The molecule has 0 unspecified atom stereocenters. The third-order valence-electron chi connectivity index (χ3n) is 2.01. The first-order valence-electron chi connectivity index (χ1n) is 5.21. The Morgan fingerprint density at radius 2 is 1.56 bits per heavy atom. The quantitative estimate of drug-likeness (QED) is 0.780. The Balaban J connectivity index is 2.91. The lowest BCUT2D eigenvalue weighted by Gasteiger charge is -2.15. The lowest BCUT2D eigenvalue weighted by atomic mass is 10.3. The van der Waals surface area contributed by atoms with Crippen molar-refractivity contribution in [3.8, 4) is 5.75 Å². The smallest absolute Gasteiger partial charge is 0.446 e. The Bertz CT molecular complexity index is 306. The van der Waals surface area contributed by atoms with E-state index in [9.17, 15) is 4.89 Å². The van der Waals surface area contributed by atoms with E-state index in [1.807, 2.05) is 13.8 Å². The Morgan fingerprint density at radius 1 is 1.06 bits per heavy atom. The second-order valence-electron chi connectivity index (χ2n) is 3.05. The van der Waals surface area contributed by atoms with Gasteiger partial charge in [-0.15, -0.1) is 0 Å². The van der Waals surface area contributed by atoms with Crippen LogP contribution >= 0.6 is 7.94 Å². The first-order valence-corrected chi connectivity index (χ1v) is 6.79. The van der Waals surface area contributed by atoms with E-state index in [0.29, 0.717) is 18.5 Å². The van der Waals surface area contributed by atoms with Gasteiger partial charge in [0, 0.05) is 0 Å². The van der Waals surface area contributed by atoms with Gasteiger partial charge in [0.1, 0.15) is 5.75 Å². The van der Waals surface area contributed by atoms with Crippen molar-refractivity contribution in [2.75, 3.05) is 20.3 Å². The van der Waals surface area contributed by atoms with Gasteiger partial charge < -0.3 is 4.74 Å². The first kappa shape index (κ1) is 13.4. The number of rotatable bonds is 6. The molecule has 0 fully saturated rings. The number of benzene rings is 1. The molecule has 0 aliphatic heterocycles. The fourth-order valence-corrected chi connectivity index (χ4v) is 2.91. The molecule has 90 valence electrons. The molecule has 4 nitrogen and oxygen atoms in total. The van der Waals surface area contributed by atoms with Crippen LogP contribution in [0.4, 0.5) is 0 Å². The van der Waals surface area contributed by atoms with Crippen molar-refractivity contribution in [2.24, 2.45) is 0 Å². The minimum absolute atomic E-state index is 0.413. The van der Waals surface area contributed by atoms with E-state index in [1.54, 1.807) is 31.4 Å². The summed E-state index contributed by atoms with van der Waals surface area (Å²) in [5.74, 6) is 0.739. The fraction of sp³-hybridized carbons (Fsp3) is 0.455. The summed E-state index contributed by atoms with van der Waals surface area (Å²) in [5, 5.41) is 0.664. The zero-order valence-corrected chi connectivity index (χ0v) is 10.7. The van der Waals surface area contributed by atoms with Crippen molar-refractivity contribution in [1.29, 1.82) is 0 Å². The summed E-state index contributed by atoms with van der Waals surface area (Å²) in [6.45, 7) is 4.48. The number of hydrogen-bond acceptors (Lipinski definition) is 4. The molecule has 0 radical (unpaired) electrons. The standard InChI is InChI=1S/C11H18O4P/c1-4-14-16(12,15-5-2)11-8-6-10(13-3)7-9-11/h6-9,12H,4-5H2,1-3H3/q+1. The van der Waals surface area contributed by atoms with Gasteiger partial charge in [-0.1, -0.05) is 0 Å². The van der Waals surface area contributed by atoms with Gasteiger partial charge in [0.2, 0.25) is 0 Å². The van der Waals surface area contributed by atoms with Crippen LogP contribution in [0.25, 0.3) is 0 Å². The number of hydrogen-bond donors (Lipinski definition) is 1. The molecular weight excluding hydrogens is 227 g/mol. The molecule has 0 atom stereocenters. The molecule has 1 aromatic rings. The highest BCUT2D eigenvalue weighted by atomic mass is 31.2. The minimum atomic E-state index is -2.91. The van der Waals surface area contributed by atoms with Gasteiger partial charge in [0.25, 0.3) is 0 Å². The van der Waals surface area contributed by atoms with Crippen molar-refractivity contribution >= 4 is 13.2 Å². The molecule has 0 heterocycles. The topological polar surface area (TPSA) is 47.9 Å². The van der Waals surface area contributed by atoms with Crippen molar-refractivity contribution in [3.63, 3.8) is 0 Å². The predicted molar refractivity (Wildman–Crippen MR) is 65.0 cm³/mol. The maximum absolute atomic E-state index is 10.3. The summed E-state index contributed by atoms with van der Waals surface area (Å²) >= 11 is 0. The van der Waals surface area contributed by atoms with E-state index in [2.05, 4.69) is 0 Å². The molecule has 0 aliphatic rings. The van der Waals surface area contributed by atoms with Gasteiger partial charge in [0.15, 0.2) is 5.30 Å². The summed E-state index contributed by atoms with van der Waals surface area (Å²) in [7, 11) is -1.31. The van der Waals surface area contributed by atoms with E-state index in [-0.39, 0.29) is 0 Å². The molecule has 0 aliphatic carbocycles. The van der Waals surface area contributed by atoms with Crippen molar-refractivity contribution in [2.45, 2.75) is 13.8 Å². The highest BCUT2D eigenvalue weighted by molar-refractivity contribution is 7.68. The van der Waals surface area contributed by atoms with E-state index < -0.39 is 7.94 Å². The normalized spacial score (nSPS) is 11.5. The van der Waals surface area contributed by atoms with Gasteiger partial charge >= 0.3 is 7.94 Å².